The Hall–Kier alpha value is -2.56. The zero-order valence-electron chi connectivity index (χ0n) is 19.9. The molecule has 0 atom stereocenters. The lowest BCUT2D eigenvalue weighted by atomic mass is 9.95. The molecule has 35 heavy (non-hydrogen) atoms. The van der Waals surface area contributed by atoms with Crippen molar-refractivity contribution in [3.8, 4) is 5.75 Å². The van der Waals surface area contributed by atoms with Crippen molar-refractivity contribution in [1.82, 2.24) is 14.8 Å². The van der Waals surface area contributed by atoms with E-state index in [0.29, 0.717) is 38.9 Å². The van der Waals surface area contributed by atoms with E-state index in [-0.39, 0.29) is 24.2 Å². The molecule has 2 heterocycles. The van der Waals surface area contributed by atoms with Crippen LogP contribution in [0.15, 0.2) is 23.4 Å². The number of carbonyl (C=O) groups excluding carboxylic acids is 2. The van der Waals surface area contributed by atoms with E-state index in [1.165, 1.54) is 23.1 Å². The summed E-state index contributed by atoms with van der Waals surface area (Å²) in [6.07, 6.45) is 3.89. The van der Waals surface area contributed by atoms with Crippen LogP contribution in [0.1, 0.15) is 52.0 Å². The molecule has 0 aliphatic heterocycles. The monoisotopic (exact) mass is 534 g/mol. The maximum atomic E-state index is 12.7. The number of anilines is 1. The number of fused-ring (bicyclic) bond motifs is 1. The third kappa shape index (κ3) is 5.99. The highest BCUT2D eigenvalue weighted by Gasteiger charge is 2.27. The topological polar surface area (TPSA) is 95.3 Å². The molecule has 0 radical (unpaired) electrons. The van der Waals surface area contributed by atoms with Gasteiger partial charge in [0.05, 0.1) is 17.9 Å². The molecule has 4 rings (SSSR count). The van der Waals surface area contributed by atoms with Crippen LogP contribution in [0.4, 0.5) is 5.00 Å². The lowest BCUT2D eigenvalue weighted by Gasteiger charge is -2.12. The molecule has 2 aromatic heterocycles. The van der Waals surface area contributed by atoms with E-state index in [1.807, 2.05) is 20.0 Å². The summed E-state index contributed by atoms with van der Waals surface area (Å²) < 4.78 is 12.9. The van der Waals surface area contributed by atoms with Gasteiger partial charge in [-0.2, -0.15) is 0 Å². The molecule has 186 valence electrons. The fourth-order valence-corrected chi connectivity index (χ4v) is 5.96. The van der Waals surface area contributed by atoms with Crippen LogP contribution in [0.2, 0.25) is 5.02 Å². The second kappa shape index (κ2) is 11.5. The minimum absolute atomic E-state index is 0.133. The molecule has 0 saturated carbocycles. The first kappa shape index (κ1) is 25.5. The van der Waals surface area contributed by atoms with Crippen molar-refractivity contribution in [2.45, 2.75) is 51.3 Å². The van der Waals surface area contributed by atoms with Crippen molar-refractivity contribution >= 4 is 51.6 Å². The molecule has 0 unspecified atom stereocenters. The normalized spacial score (nSPS) is 12.8. The molecule has 0 bridgehead atoms. The molecule has 0 spiro atoms. The number of hydrogen-bond donors (Lipinski definition) is 1. The lowest BCUT2D eigenvalue weighted by Crippen LogP contribution is -2.17. The average molecular weight is 535 g/mol. The van der Waals surface area contributed by atoms with Gasteiger partial charge in [0, 0.05) is 16.9 Å². The summed E-state index contributed by atoms with van der Waals surface area (Å²) in [5, 5.41) is 13.2. The van der Waals surface area contributed by atoms with E-state index in [0.717, 1.165) is 41.7 Å². The number of ether oxygens (including phenoxy) is 2. The minimum atomic E-state index is -0.372. The Kier molecular flexibility index (Phi) is 8.35. The number of thioether (sulfide) groups is 1. The number of carbonyl (C=O) groups is 2. The van der Waals surface area contributed by atoms with Gasteiger partial charge >= 0.3 is 5.97 Å². The number of halogens is 1. The van der Waals surface area contributed by atoms with Crippen molar-refractivity contribution in [3.05, 3.63) is 50.6 Å². The van der Waals surface area contributed by atoms with Crippen LogP contribution in [0.25, 0.3) is 0 Å². The third-order valence-electron chi connectivity index (χ3n) is 5.66. The van der Waals surface area contributed by atoms with Gasteiger partial charge in [0.15, 0.2) is 11.0 Å². The van der Waals surface area contributed by atoms with Crippen LogP contribution >= 0.6 is 34.7 Å². The zero-order chi connectivity index (χ0) is 24.9. The number of esters is 1. The average Bonchev–Trinajstić information content (AvgIpc) is 3.38. The molecule has 11 heteroatoms. The fourth-order valence-electron chi connectivity index (χ4n) is 3.82. The van der Waals surface area contributed by atoms with Crippen molar-refractivity contribution in [1.29, 1.82) is 0 Å². The summed E-state index contributed by atoms with van der Waals surface area (Å²) in [7, 11) is 1.83. The summed E-state index contributed by atoms with van der Waals surface area (Å²) >= 11 is 8.82. The van der Waals surface area contributed by atoms with Gasteiger partial charge in [-0.3, -0.25) is 4.79 Å². The van der Waals surface area contributed by atoms with Crippen molar-refractivity contribution in [2.75, 3.05) is 17.7 Å². The molecule has 1 aromatic carbocycles. The Balaban J connectivity index is 1.37. The molecule has 1 aliphatic rings. The highest BCUT2D eigenvalue weighted by atomic mass is 35.5. The lowest BCUT2D eigenvalue weighted by molar-refractivity contribution is -0.113. The van der Waals surface area contributed by atoms with E-state index in [9.17, 15) is 9.59 Å². The molecule has 1 N–H and O–H groups in total. The van der Waals surface area contributed by atoms with Gasteiger partial charge in [0.2, 0.25) is 5.91 Å². The van der Waals surface area contributed by atoms with Crippen LogP contribution < -0.4 is 10.1 Å². The number of rotatable bonds is 9. The number of aryl methyl sites for hydroxylation is 2. The summed E-state index contributed by atoms with van der Waals surface area (Å²) in [6.45, 7) is 4.23. The third-order valence-corrected chi connectivity index (χ3v) is 8.31. The molecule has 1 aliphatic carbocycles. The van der Waals surface area contributed by atoms with E-state index >= 15 is 0 Å². The van der Waals surface area contributed by atoms with E-state index < -0.39 is 0 Å². The maximum absolute atomic E-state index is 12.7. The molecule has 1 amide bonds. The number of amides is 1. The predicted octanol–water partition coefficient (Wildman–Crippen LogP) is 5.20. The molecule has 0 saturated heterocycles. The summed E-state index contributed by atoms with van der Waals surface area (Å²) in [4.78, 5) is 26.5. The van der Waals surface area contributed by atoms with Crippen LogP contribution in [0, 0.1) is 6.92 Å². The number of thiophene rings is 1. The number of aromatic nitrogens is 3. The first-order chi connectivity index (χ1) is 16.9. The van der Waals surface area contributed by atoms with E-state index in [2.05, 4.69) is 15.5 Å². The number of hydrogen-bond acceptors (Lipinski definition) is 8. The fraction of sp³-hybridized carbons (Fsp3) is 0.417. The molecular weight excluding hydrogens is 508 g/mol. The summed E-state index contributed by atoms with van der Waals surface area (Å²) in [6, 6.07) is 5.46. The maximum Gasteiger partial charge on any atom is 0.341 e. The largest absolute Gasteiger partial charge is 0.486 e. The predicted molar refractivity (Wildman–Crippen MR) is 138 cm³/mol. The Morgan fingerprint density at radius 1 is 1.26 bits per heavy atom. The van der Waals surface area contributed by atoms with Gasteiger partial charge in [-0.25, -0.2) is 4.79 Å². The molecule has 8 nitrogen and oxygen atoms in total. The van der Waals surface area contributed by atoms with Gasteiger partial charge < -0.3 is 19.4 Å². The van der Waals surface area contributed by atoms with Crippen LogP contribution in [-0.2, 0) is 36.0 Å². The summed E-state index contributed by atoms with van der Waals surface area (Å²) in [5.41, 5.74) is 2.47. The van der Waals surface area contributed by atoms with Gasteiger partial charge in [0.25, 0.3) is 0 Å². The van der Waals surface area contributed by atoms with Gasteiger partial charge in [-0.1, -0.05) is 23.4 Å². The highest BCUT2D eigenvalue weighted by molar-refractivity contribution is 7.99. The molecular formula is C24H27ClN4O4S2. The van der Waals surface area contributed by atoms with Crippen molar-refractivity contribution in [3.63, 3.8) is 0 Å². The van der Waals surface area contributed by atoms with E-state index in [4.69, 9.17) is 21.1 Å². The van der Waals surface area contributed by atoms with Crippen LogP contribution in [-0.4, -0.2) is 39.0 Å². The Labute approximate surface area is 217 Å². The second-order valence-corrected chi connectivity index (χ2v) is 10.6. The number of nitrogens with zero attached hydrogens (tertiary/aromatic N) is 3. The van der Waals surface area contributed by atoms with Crippen molar-refractivity contribution < 1.29 is 19.1 Å². The zero-order valence-corrected chi connectivity index (χ0v) is 22.2. The Bertz CT molecular complexity index is 1240. The molecule has 0 fully saturated rings. The Morgan fingerprint density at radius 2 is 2.06 bits per heavy atom. The van der Waals surface area contributed by atoms with Crippen LogP contribution in [0.3, 0.4) is 0 Å². The van der Waals surface area contributed by atoms with Crippen molar-refractivity contribution in [2.24, 2.45) is 7.05 Å². The summed E-state index contributed by atoms with van der Waals surface area (Å²) in [5.74, 6) is 0.879. The molecule has 3 aromatic rings. The number of nitrogens with one attached hydrogen (secondary N) is 1. The Morgan fingerprint density at radius 3 is 2.83 bits per heavy atom. The number of benzene rings is 1. The standard InChI is InChI=1S/C24H27ClN4O4S2/c1-4-32-23(31)21-16-7-5-6-8-18(16)35-22(21)26-20(30)13-34-24-28-27-19(29(24)3)12-33-15-9-10-17(25)14(2)11-15/h9-11H,4-8,12-13H2,1-3H3,(H,26,30). The minimum Gasteiger partial charge on any atom is -0.486 e. The van der Waals surface area contributed by atoms with Gasteiger partial charge in [-0.05, 0) is 68.9 Å². The smallest absolute Gasteiger partial charge is 0.341 e. The van der Waals surface area contributed by atoms with Crippen LogP contribution in [0.5, 0.6) is 5.75 Å². The first-order valence-electron chi connectivity index (χ1n) is 11.4. The second-order valence-electron chi connectivity index (χ2n) is 8.13. The van der Waals surface area contributed by atoms with Gasteiger partial charge in [0.1, 0.15) is 17.4 Å². The van der Waals surface area contributed by atoms with E-state index in [1.54, 1.807) is 23.6 Å². The highest BCUT2D eigenvalue weighted by Crippen LogP contribution is 2.38. The quantitative estimate of drug-likeness (QED) is 0.297. The van der Waals surface area contributed by atoms with Gasteiger partial charge in [-0.15, -0.1) is 21.5 Å². The first-order valence-corrected chi connectivity index (χ1v) is 13.6. The SMILES string of the molecule is CCOC(=O)c1c(NC(=O)CSc2nnc(COc3ccc(Cl)c(C)c3)n2C)sc2c1CCCC2.